The molecule has 2 heterocycles. The van der Waals surface area contributed by atoms with Crippen LogP contribution in [0.5, 0.6) is 5.75 Å². The lowest BCUT2D eigenvalue weighted by Gasteiger charge is -2.53. The molecule has 1 amide bonds. The lowest BCUT2D eigenvalue weighted by Crippen LogP contribution is -2.53. The maximum atomic E-state index is 13.3. The zero-order valence-electron chi connectivity index (χ0n) is 26.4. The van der Waals surface area contributed by atoms with Crippen LogP contribution in [0.15, 0.2) is 48.6 Å². The summed E-state index contributed by atoms with van der Waals surface area (Å²) >= 11 is 6.44. The second kappa shape index (κ2) is 11.7. The van der Waals surface area contributed by atoms with Crippen molar-refractivity contribution in [3.63, 3.8) is 0 Å². The summed E-state index contributed by atoms with van der Waals surface area (Å²) in [7, 11) is 2.96. The van der Waals surface area contributed by atoms with Gasteiger partial charge in [0.25, 0.3) is 0 Å². The number of halogens is 1. The Bertz CT molecular complexity index is 1480. The van der Waals surface area contributed by atoms with E-state index in [0.29, 0.717) is 37.0 Å². The molecule has 2 aliphatic carbocycles. The number of anilines is 1. The molecule has 2 aliphatic heterocycles. The third kappa shape index (κ3) is 5.40. The Labute approximate surface area is 266 Å². The fourth-order valence-electron chi connectivity index (χ4n) is 8.34. The smallest absolute Gasteiger partial charge is 0.343 e. The highest BCUT2D eigenvalue weighted by atomic mass is 35.5. The van der Waals surface area contributed by atoms with E-state index in [1.165, 1.54) is 24.7 Å². The number of rotatable bonds is 1. The molecule has 2 aromatic carbocycles. The molecule has 8 heteroatoms. The van der Waals surface area contributed by atoms with E-state index in [9.17, 15) is 14.7 Å². The monoisotopic (exact) mass is 620 g/mol. The second-order valence-electron chi connectivity index (χ2n) is 14.0. The van der Waals surface area contributed by atoms with Crippen LogP contribution in [0.2, 0.25) is 5.02 Å². The normalized spacial score (nSPS) is 32.9. The highest BCUT2D eigenvalue weighted by molar-refractivity contribution is 6.30. The largest absolute Gasteiger partial charge is 0.490 e. The van der Waals surface area contributed by atoms with Crippen LogP contribution < -0.4 is 9.64 Å². The van der Waals surface area contributed by atoms with Crippen LogP contribution in [-0.2, 0) is 31.8 Å². The zero-order valence-corrected chi connectivity index (χ0v) is 27.2. The minimum Gasteiger partial charge on any atom is -0.490 e. The molecule has 0 radical (unpaired) electrons. The number of esters is 1. The van der Waals surface area contributed by atoms with Gasteiger partial charge in [0.2, 0.25) is 5.91 Å². The molecule has 6 rings (SSSR count). The molecule has 1 unspecified atom stereocenters. The average Bonchev–Trinajstić information content (AvgIpc) is 3.14. The minimum absolute atomic E-state index is 0.0720. The van der Waals surface area contributed by atoms with Gasteiger partial charge < -0.3 is 24.4 Å². The molecule has 236 valence electrons. The molecule has 1 spiro atoms. The highest BCUT2D eigenvalue weighted by Gasteiger charge is 2.49. The molecular formula is C36H45ClN2O5. The number of carbonyl (C=O) groups is 2. The van der Waals surface area contributed by atoms with E-state index in [1.807, 2.05) is 18.2 Å². The standard InChI is InChI=1S/C36H45ClN2O5/c1-24-8-5-6-17-38(3)32(40)20-36(42,33(41)43-4)26-10-13-31-30(19-26)39(21-34(2)16-14-28(24)34)22-35(23-44-31)15-7-9-25-18-27(37)11-12-29(25)35/h5,8,10-13,18-19,24,28,42H,6-7,9,14-17,20-23H2,1-4H3/b8-5+/t24-,28-,34?,35-,36+/m0/s1. The summed E-state index contributed by atoms with van der Waals surface area (Å²) < 4.78 is 11.7. The molecule has 2 aromatic rings. The second-order valence-corrected chi connectivity index (χ2v) is 14.4. The van der Waals surface area contributed by atoms with Gasteiger partial charge in [0, 0.05) is 37.1 Å². The molecule has 4 aliphatic rings. The summed E-state index contributed by atoms with van der Waals surface area (Å²) in [5.41, 5.74) is 1.44. The van der Waals surface area contributed by atoms with Gasteiger partial charge in [0.1, 0.15) is 5.75 Å². The number of benzene rings is 2. The van der Waals surface area contributed by atoms with Crippen molar-refractivity contribution in [1.29, 1.82) is 0 Å². The summed E-state index contributed by atoms with van der Waals surface area (Å²) in [6.45, 7) is 7.30. The van der Waals surface area contributed by atoms with Crippen molar-refractivity contribution in [2.24, 2.45) is 17.3 Å². The maximum absolute atomic E-state index is 13.3. The molecule has 1 fully saturated rings. The molecule has 2 bridgehead atoms. The van der Waals surface area contributed by atoms with Crippen molar-refractivity contribution in [2.45, 2.75) is 69.8 Å². The molecular weight excluding hydrogens is 576 g/mol. The van der Waals surface area contributed by atoms with Crippen molar-refractivity contribution >= 4 is 29.2 Å². The number of ether oxygens (including phenoxy) is 2. The van der Waals surface area contributed by atoms with Gasteiger partial charge in [-0.2, -0.15) is 0 Å². The first-order valence-corrected chi connectivity index (χ1v) is 16.4. The van der Waals surface area contributed by atoms with Gasteiger partial charge in [-0.05, 0) is 96.7 Å². The van der Waals surface area contributed by atoms with Crippen LogP contribution in [-0.4, -0.2) is 62.3 Å². The molecule has 1 N–H and O–H groups in total. The van der Waals surface area contributed by atoms with E-state index >= 15 is 0 Å². The Morgan fingerprint density at radius 3 is 2.73 bits per heavy atom. The van der Waals surface area contributed by atoms with E-state index < -0.39 is 18.0 Å². The number of aryl methyl sites for hydroxylation is 1. The number of carbonyl (C=O) groups excluding carboxylic acids is 2. The summed E-state index contributed by atoms with van der Waals surface area (Å²) in [6, 6.07) is 11.7. The lowest BCUT2D eigenvalue weighted by atomic mass is 9.56. The van der Waals surface area contributed by atoms with E-state index in [-0.39, 0.29) is 16.7 Å². The number of methoxy groups -OCH3 is 1. The average molecular weight is 621 g/mol. The van der Waals surface area contributed by atoms with Crippen molar-refractivity contribution in [3.05, 3.63) is 70.3 Å². The fraction of sp³-hybridized carbons (Fsp3) is 0.556. The van der Waals surface area contributed by atoms with Gasteiger partial charge in [-0.25, -0.2) is 4.79 Å². The van der Waals surface area contributed by atoms with E-state index in [1.54, 1.807) is 18.0 Å². The molecule has 0 saturated heterocycles. The number of hydrogen-bond acceptors (Lipinski definition) is 6. The molecule has 44 heavy (non-hydrogen) atoms. The highest BCUT2D eigenvalue weighted by Crippen LogP contribution is 2.53. The number of amides is 1. The first kappa shape index (κ1) is 31.0. The Balaban J connectivity index is 1.49. The Morgan fingerprint density at radius 1 is 1.16 bits per heavy atom. The van der Waals surface area contributed by atoms with Crippen LogP contribution in [0, 0.1) is 17.3 Å². The van der Waals surface area contributed by atoms with Crippen molar-refractivity contribution in [1.82, 2.24) is 4.90 Å². The third-order valence-corrected chi connectivity index (χ3v) is 11.3. The van der Waals surface area contributed by atoms with Crippen molar-refractivity contribution in [2.75, 3.05) is 45.3 Å². The van der Waals surface area contributed by atoms with Gasteiger partial charge in [-0.1, -0.05) is 49.7 Å². The Kier molecular flexibility index (Phi) is 8.25. The molecule has 0 aromatic heterocycles. The summed E-state index contributed by atoms with van der Waals surface area (Å²) in [4.78, 5) is 30.5. The van der Waals surface area contributed by atoms with Gasteiger partial charge in [0.15, 0.2) is 5.60 Å². The summed E-state index contributed by atoms with van der Waals surface area (Å²) in [5.74, 6) is 0.471. The van der Waals surface area contributed by atoms with E-state index in [0.717, 1.165) is 55.2 Å². The van der Waals surface area contributed by atoms with Crippen LogP contribution in [0.25, 0.3) is 0 Å². The Morgan fingerprint density at radius 2 is 1.98 bits per heavy atom. The molecule has 5 atom stereocenters. The van der Waals surface area contributed by atoms with Crippen LogP contribution >= 0.6 is 11.6 Å². The zero-order chi connectivity index (χ0) is 31.3. The lowest BCUT2D eigenvalue weighted by molar-refractivity contribution is -0.168. The first-order chi connectivity index (χ1) is 21.0. The Hall–Kier alpha value is -3.03. The topological polar surface area (TPSA) is 79.3 Å². The number of fused-ring (bicyclic) bond motifs is 4. The predicted molar refractivity (Wildman–Crippen MR) is 172 cm³/mol. The minimum atomic E-state index is -2.14. The van der Waals surface area contributed by atoms with Crippen LogP contribution in [0.3, 0.4) is 0 Å². The first-order valence-electron chi connectivity index (χ1n) is 16.0. The van der Waals surface area contributed by atoms with Gasteiger partial charge >= 0.3 is 5.97 Å². The maximum Gasteiger partial charge on any atom is 0.343 e. The predicted octanol–water partition coefficient (Wildman–Crippen LogP) is 6.03. The van der Waals surface area contributed by atoms with Crippen molar-refractivity contribution in [3.8, 4) is 5.75 Å². The number of nitrogens with zero attached hydrogens (tertiary/aromatic N) is 2. The van der Waals surface area contributed by atoms with E-state index in [2.05, 4.69) is 43.0 Å². The van der Waals surface area contributed by atoms with Gasteiger partial charge in [-0.15, -0.1) is 0 Å². The summed E-state index contributed by atoms with van der Waals surface area (Å²) in [6.07, 6.45) is 10.1. The van der Waals surface area contributed by atoms with Crippen molar-refractivity contribution < 1.29 is 24.2 Å². The summed E-state index contributed by atoms with van der Waals surface area (Å²) in [5, 5.41) is 12.7. The fourth-order valence-corrected chi connectivity index (χ4v) is 8.53. The van der Waals surface area contributed by atoms with Gasteiger partial charge in [0.05, 0.1) is 25.8 Å². The number of aliphatic hydroxyl groups is 1. The molecule has 7 nitrogen and oxygen atoms in total. The van der Waals surface area contributed by atoms with Gasteiger partial charge in [-0.3, -0.25) is 4.79 Å². The number of allylic oxidation sites excluding steroid dienone is 1. The quantitative estimate of drug-likeness (QED) is 0.310. The molecule has 1 saturated carbocycles. The van der Waals surface area contributed by atoms with Crippen LogP contribution in [0.4, 0.5) is 5.69 Å². The SMILES string of the molecule is COC(=O)[C@@]1(O)CC(=O)N(C)CC/C=C/[C@H](C)[C@@H]2CCC2(C)CN2C[C@@]3(CCCc4cc(Cl)ccc43)COc3ccc1cc32. The van der Waals surface area contributed by atoms with E-state index in [4.69, 9.17) is 21.1 Å². The van der Waals surface area contributed by atoms with Crippen LogP contribution in [0.1, 0.15) is 69.1 Å². The third-order valence-electron chi connectivity index (χ3n) is 11.0. The number of hydrogen-bond donors (Lipinski definition) is 1.